The molecular formula is C18H21ClOS. The largest absolute Gasteiger partial charge is 0.496 e. The molecule has 3 heteroatoms. The first kappa shape index (κ1) is 14.9. The predicted octanol–water partition coefficient (Wildman–Crippen LogP) is 5.66. The van der Waals surface area contributed by atoms with Crippen LogP contribution in [0.4, 0.5) is 0 Å². The van der Waals surface area contributed by atoms with Gasteiger partial charge in [0.1, 0.15) is 5.75 Å². The van der Waals surface area contributed by atoms with E-state index in [0.717, 1.165) is 11.3 Å². The summed E-state index contributed by atoms with van der Waals surface area (Å²) in [4.78, 5) is 2.80. The number of rotatable bonds is 3. The maximum absolute atomic E-state index is 6.78. The van der Waals surface area contributed by atoms with Crippen LogP contribution in [0.15, 0.2) is 24.3 Å². The predicted molar refractivity (Wildman–Crippen MR) is 91.0 cm³/mol. The Morgan fingerprint density at radius 2 is 1.95 bits per heavy atom. The number of thiophene rings is 1. The summed E-state index contributed by atoms with van der Waals surface area (Å²) in [5.41, 5.74) is 3.81. The molecule has 3 rings (SSSR count). The summed E-state index contributed by atoms with van der Waals surface area (Å²) < 4.78 is 5.49. The van der Waals surface area contributed by atoms with E-state index in [0.29, 0.717) is 0 Å². The number of fused-ring (bicyclic) bond motifs is 1. The van der Waals surface area contributed by atoms with E-state index < -0.39 is 0 Å². The van der Waals surface area contributed by atoms with E-state index in [1.54, 1.807) is 12.0 Å². The van der Waals surface area contributed by atoms with E-state index >= 15 is 0 Å². The number of alkyl halides is 1. The zero-order chi connectivity index (χ0) is 14.8. The van der Waals surface area contributed by atoms with Gasteiger partial charge in [-0.2, -0.15) is 0 Å². The molecule has 112 valence electrons. The van der Waals surface area contributed by atoms with Crippen molar-refractivity contribution < 1.29 is 4.74 Å². The lowest BCUT2D eigenvalue weighted by Crippen LogP contribution is -1.96. The monoisotopic (exact) mass is 320 g/mol. The summed E-state index contributed by atoms with van der Waals surface area (Å²) in [6.45, 7) is 2.09. The molecule has 0 N–H and O–H groups in total. The van der Waals surface area contributed by atoms with Crippen molar-refractivity contribution in [3.63, 3.8) is 0 Å². The van der Waals surface area contributed by atoms with Crippen LogP contribution < -0.4 is 4.74 Å². The van der Waals surface area contributed by atoms with Crippen LogP contribution in [0.3, 0.4) is 0 Å². The summed E-state index contributed by atoms with van der Waals surface area (Å²) in [5.74, 6) is 0.879. The molecule has 1 nitrogen and oxygen atoms in total. The minimum atomic E-state index is -0.114. The second-order valence-corrected chi connectivity index (χ2v) is 7.37. The summed E-state index contributed by atoms with van der Waals surface area (Å²) in [6, 6.07) is 8.54. The summed E-state index contributed by atoms with van der Waals surface area (Å²) in [5, 5.41) is -0.114. The van der Waals surface area contributed by atoms with Gasteiger partial charge in [-0.15, -0.1) is 22.9 Å². The Labute approximate surface area is 135 Å². The Balaban J connectivity index is 1.95. The first-order valence-corrected chi connectivity index (χ1v) is 8.84. The molecule has 0 saturated heterocycles. The van der Waals surface area contributed by atoms with E-state index in [2.05, 4.69) is 25.1 Å². The van der Waals surface area contributed by atoms with Gasteiger partial charge in [0.2, 0.25) is 0 Å². The van der Waals surface area contributed by atoms with Crippen molar-refractivity contribution in [2.45, 2.75) is 44.4 Å². The van der Waals surface area contributed by atoms with Gasteiger partial charge in [-0.05, 0) is 50.3 Å². The van der Waals surface area contributed by atoms with Crippen LogP contribution in [0.25, 0.3) is 0 Å². The maximum atomic E-state index is 6.78. The molecule has 2 aromatic rings. The number of hydrogen-bond acceptors (Lipinski definition) is 2. The Morgan fingerprint density at radius 3 is 2.76 bits per heavy atom. The van der Waals surface area contributed by atoms with Gasteiger partial charge in [0.25, 0.3) is 0 Å². The third kappa shape index (κ3) is 3.12. The molecule has 0 bridgehead atoms. The van der Waals surface area contributed by atoms with Crippen LogP contribution in [0.2, 0.25) is 0 Å². The number of methoxy groups -OCH3 is 1. The van der Waals surface area contributed by atoms with Crippen LogP contribution in [0, 0.1) is 6.92 Å². The highest BCUT2D eigenvalue weighted by molar-refractivity contribution is 7.12. The summed E-state index contributed by atoms with van der Waals surface area (Å²) in [6.07, 6.45) is 6.40. The summed E-state index contributed by atoms with van der Waals surface area (Å²) in [7, 11) is 1.71. The molecule has 21 heavy (non-hydrogen) atoms. The average Bonchev–Trinajstić information content (AvgIpc) is 2.77. The fraction of sp³-hybridized carbons (Fsp3) is 0.444. The molecular weight excluding hydrogens is 300 g/mol. The van der Waals surface area contributed by atoms with Crippen LogP contribution >= 0.6 is 22.9 Å². The third-order valence-electron chi connectivity index (χ3n) is 4.17. The van der Waals surface area contributed by atoms with E-state index in [1.165, 1.54) is 48.1 Å². The maximum Gasteiger partial charge on any atom is 0.123 e. The van der Waals surface area contributed by atoms with Crippen molar-refractivity contribution in [2.75, 3.05) is 7.11 Å². The van der Waals surface area contributed by atoms with Crippen LogP contribution in [0.5, 0.6) is 5.75 Å². The van der Waals surface area contributed by atoms with E-state index in [-0.39, 0.29) is 5.38 Å². The molecule has 0 aliphatic heterocycles. The van der Waals surface area contributed by atoms with Gasteiger partial charge in [0.05, 0.1) is 12.5 Å². The number of benzene rings is 1. The Hall–Kier alpha value is -0.990. The van der Waals surface area contributed by atoms with E-state index in [9.17, 15) is 0 Å². The fourth-order valence-corrected chi connectivity index (χ4v) is 4.64. The van der Waals surface area contributed by atoms with Gasteiger partial charge in [0.15, 0.2) is 0 Å². The summed E-state index contributed by atoms with van der Waals surface area (Å²) >= 11 is 8.67. The zero-order valence-corrected chi connectivity index (χ0v) is 14.2. The van der Waals surface area contributed by atoms with Crippen molar-refractivity contribution in [1.29, 1.82) is 0 Å². The fourth-order valence-electron chi connectivity index (χ4n) is 3.02. The lowest BCUT2D eigenvalue weighted by Gasteiger charge is -2.13. The second kappa shape index (κ2) is 6.41. The molecule has 1 atom stereocenters. The SMILES string of the molecule is COc1ccc(C)cc1C(Cl)c1cc2c(s1)CCCCC2. The minimum Gasteiger partial charge on any atom is -0.496 e. The molecule has 1 aromatic heterocycles. The van der Waals surface area contributed by atoms with Crippen molar-refractivity contribution in [2.24, 2.45) is 0 Å². The van der Waals surface area contributed by atoms with Gasteiger partial charge >= 0.3 is 0 Å². The molecule has 0 saturated carbocycles. The highest BCUT2D eigenvalue weighted by Crippen LogP contribution is 2.41. The average molecular weight is 321 g/mol. The Morgan fingerprint density at radius 1 is 1.14 bits per heavy atom. The van der Waals surface area contributed by atoms with Gasteiger partial charge < -0.3 is 4.74 Å². The Kier molecular flexibility index (Phi) is 4.56. The number of halogens is 1. The molecule has 0 fully saturated rings. The molecule has 1 aliphatic rings. The Bertz CT molecular complexity index is 609. The minimum absolute atomic E-state index is 0.114. The zero-order valence-electron chi connectivity index (χ0n) is 12.6. The first-order valence-electron chi connectivity index (χ1n) is 7.59. The van der Waals surface area contributed by atoms with Crippen molar-refractivity contribution in [3.05, 3.63) is 50.7 Å². The first-order chi connectivity index (χ1) is 10.2. The van der Waals surface area contributed by atoms with Crippen LogP contribution in [0.1, 0.15) is 51.1 Å². The quantitative estimate of drug-likeness (QED) is 0.523. The molecule has 1 aliphatic carbocycles. The van der Waals surface area contributed by atoms with Crippen molar-refractivity contribution in [1.82, 2.24) is 0 Å². The number of ether oxygens (including phenoxy) is 1. The molecule has 0 radical (unpaired) electrons. The third-order valence-corrected chi connectivity index (χ3v) is 6.08. The molecule has 1 heterocycles. The van der Waals surface area contributed by atoms with Gasteiger partial charge in [-0.1, -0.05) is 24.1 Å². The number of aryl methyl sites for hydroxylation is 3. The molecule has 1 aromatic carbocycles. The van der Waals surface area contributed by atoms with Crippen LogP contribution in [-0.4, -0.2) is 7.11 Å². The van der Waals surface area contributed by atoms with Crippen molar-refractivity contribution >= 4 is 22.9 Å². The highest BCUT2D eigenvalue weighted by Gasteiger charge is 2.21. The lowest BCUT2D eigenvalue weighted by atomic mass is 10.0. The van der Waals surface area contributed by atoms with E-state index in [1.807, 2.05) is 17.4 Å². The topological polar surface area (TPSA) is 9.23 Å². The highest BCUT2D eigenvalue weighted by atomic mass is 35.5. The normalized spacial score (nSPS) is 16.1. The van der Waals surface area contributed by atoms with Crippen molar-refractivity contribution in [3.8, 4) is 5.75 Å². The lowest BCUT2D eigenvalue weighted by molar-refractivity contribution is 0.410. The molecule has 0 spiro atoms. The van der Waals surface area contributed by atoms with E-state index in [4.69, 9.17) is 16.3 Å². The smallest absolute Gasteiger partial charge is 0.123 e. The number of hydrogen-bond donors (Lipinski definition) is 0. The van der Waals surface area contributed by atoms with Gasteiger partial charge in [-0.25, -0.2) is 0 Å². The second-order valence-electron chi connectivity index (χ2n) is 5.77. The van der Waals surface area contributed by atoms with Gasteiger partial charge in [-0.3, -0.25) is 0 Å². The molecule has 1 unspecified atom stereocenters. The standard InChI is InChI=1S/C18H21ClOS/c1-12-8-9-15(20-2)14(10-12)18(19)17-11-13-6-4-3-5-7-16(13)21-17/h8-11,18H,3-7H2,1-2H3. The van der Waals surface area contributed by atoms with Gasteiger partial charge in [0, 0.05) is 15.3 Å². The molecule has 0 amide bonds. The van der Waals surface area contributed by atoms with Crippen LogP contribution in [-0.2, 0) is 12.8 Å².